The Labute approximate surface area is 126 Å². The van der Waals surface area contributed by atoms with Crippen molar-refractivity contribution >= 4 is 6.29 Å². The third-order valence-corrected chi connectivity index (χ3v) is 3.51. The van der Waals surface area contributed by atoms with Crippen LogP contribution in [0.2, 0.25) is 0 Å². The van der Waals surface area contributed by atoms with E-state index >= 15 is 0 Å². The van der Waals surface area contributed by atoms with Crippen molar-refractivity contribution in [2.75, 3.05) is 0 Å². The molecule has 0 fully saturated rings. The van der Waals surface area contributed by atoms with E-state index in [2.05, 4.69) is 31.2 Å². The van der Waals surface area contributed by atoms with Crippen molar-refractivity contribution in [3.05, 3.63) is 65.2 Å². The first kappa shape index (κ1) is 15.3. The molecular weight excluding hydrogens is 260 g/mol. The largest absolute Gasteiger partial charge is 0.489 e. The van der Waals surface area contributed by atoms with Crippen LogP contribution in [-0.4, -0.2) is 6.29 Å². The summed E-state index contributed by atoms with van der Waals surface area (Å²) in [5, 5.41) is 0. The number of aldehydes is 1. The molecule has 0 saturated heterocycles. The van der Waals surface area contributed by atoms with Crippen LogP contribution in [-0.2, 0) is 13.0 Å². The van der Waals surface area contributed by atoms with Crippen molar-refractivity contribution in [1.82, 2.24) is 0 Å². The Balaban J connectivity index is 1.83. The fourth-order valence-corrected chi connectivity index (χ4v) is 2.19. The molecule has 0 radical (unpaired) electrons. The number of aryl methyl sites for hydroxylation is 1. The predicted molar refractivity (Wildman–Crippen MR) is 85.8 cm³/mol. The minimum atomic E-state index is 0.551. The molecule has 2 nitrogen and oxygen atoms in total. The van der Waals surface area contributed by atoms with E-state index < -0.39 is 0 Å². The van der Waals surface area contributed by atoms with E-state index in [0.717, 1.165) is 24.0 Å². The average Bonchev–Trinajstić information content (AvgIpc) is 2.55. The van der Waals surface area contributed by atoms with Crippen molar-refractivity contribution in [2.45, 2.75) is 39.2 Å². The van der Waals surface area contributed by atoms with Gasteiger partial charge in [-0.3, -0.25) is 4.79 Å². The summed E-state index contributed by atoms with van der Waals surface area (Å²) < 4.78 is 5.71. The van der Waals surface area contributed by atoms with Crippen LogP contribution >= 0.6 is 0 Å². The van der Waals surface area contributed by atoms with Crippen LogP contribution in [0.4, 0.5) is 0 Å². The monoisotopic (exact) mass is 282 g/mol. The van der Waals surface area contributed by atoms with Gasteiger partial charge in [0.2, 0.25) is 0 Å². The van der Waals surface area contributed by atoms with Gasteiger partial charge in [-0.1, -0.05) is 44.0 Å². The number of carbonyl (C=O) groups is 1. The van der Waals surface area contributed by atoms with Gasteiger partial charge in [0.05, 0.1) is 0 Å². The molecule has 0 unspecified atom stereocenters. The van der Waals surface area contributed by atoms with Crippen LogP contribution in [0.5, 0.6) is 5.75 Å². The summed E-state index contributed by atoms with van der Waals surface area (Å²) >= 11 is 0. The van der Waals surface area contributed by atoms with Gasteiger partial charge >= 0.3 is 0 Å². The Hall–Kier alpha value is -2.09. The lowest BCUT2D eigenvalue weighted by Gasteiger charge is -2.07. The summed E-state index contributed by atoms with van der Waals surface area (Å²) in [6, 6.07) is 15.8. The van der Waals surface area contributed by atoms with Crippen LogP contribution in [0, 0.1) is 0 Å². The Morgan fingerprint density at radius 2 is 1.57 bits per heavy atom. The topological polar surface area (TPSA) is 26.3 Å². The van der Waals surface area contributed by atoms with Gasteiger partial charge in [-0.25, -0.2) is 0 Å². The first-order chi connectivity index (χ1) is 10.3. The Morgan fingerprint density at radius 1 is 0.905 bits per heavy atom. The molecule has 0 saturated carbocycles. The van der Waals surface area contributed by atoms with Gasteiger partial charge in [-0.05, 0) is 48.2 Å². The number of rotatable bonds is 8. The van der Waals surface area contributed by atoms with Crippen LogP contribution in [0.1, 0.15) is 47.7 Å². The number of benzene rings is 2. The Bertz CT molecular complexity index is 541. The summed E-state index contributed by atoms with van der Waals surface area (Å²) in [7, 11) is 0. The summed E-state index contributed by atoms with van der Waals surface area (Å²) in [4.78, 5) is 10.6. The highest BCUT2D eigenvalue weighted by Crippen LogP contribution is 2.14. The second-order valence-corrected chi connectivity index (χ2v) is 5.25. The fourth-order valence-electron chi connectivity index (χ4n) is 2.19. The molecule has 21 heavy (non-hydrogen) atoms. The minimum Gasteiger partial charge on any atom is -0.489 e. The van der Waals surface area contributed by atoms with Crippen LogP contribution < -0.4 is 4.74 Å². The molecule has 2 heteroatoms. The van der Waals surface area contributed by atoms with Crippen molar-refractivity contribution in [2.24, 2.45) is 0 Å². The molecule has 2 aromatic rings. The molecule has 0 bridgehead atoms. The molecule has 2 aromatic carbocycles. The zero-order valence-electron chi connectivity index (χ0n) is 12.5. The van der Waals surface area contributed by atoms with E-state index in [4.69, 9.17) is 4.74 Å². The van der Waals surface area contributed by atoms with Crippen molar-refractivity contribution in [1.29, 1.82) is 0 Å². The fraction of sp³-hybridized carbons (Fsp3) is 0.316. The molecule has 0 N–H and O–H groups in total. The molecule has 0 heterocycles. The third-order valence-electron chi connectivity index (χ3n) is 3.51. The molecule has 2 rings (SSSR count). The maximum atomic E-state index is 10.6. The van der Waals surface area contributed by atoms with E-state index in [9.17, 15) is 4.79 Å². The SMILES string of the molecule is CCCCCc1ccc(COc2ccc(C=O)cc2)cc1. The van der Waals surface area contributed by atoms with Gasteiger partial charge in [-0.2, -0.15) is 0 Å². The Kier molecular flexibility index (Phi) is 6.01. The molecule has 0 aliphatic carbocycles. The highest BCUT2D eigenvalue weighted by Gasteiger charge is 1.98. The van der Waals surface area contributed by atoms with Crippen LogP contribution in [0.15, 0.2) is 48.5 Å². The lowest BCUT2D eigenvalue weighted by atomic mass is 10.1. The molecule has 0 amide bonds. The van der Waals surface area contributed by atoms with Gasteiger partial charge in [0.1, 0.15) is 18.6 Å². The number of unbranched alkanes of at least 4 members (excludes halogenated alkanes) is 2. The molecule has 110 valence electrons. The van der Waals surface area contributed by atoms with Gasteiger partial charge in [0, 0.05) is 5.56 Å². The molecule has 0 aliphatic heterocycles. The van der Waals surface area contributed by atoms with Crippen LogP contribution in [0.3, 0.4) is 0 Å². The lowest BCUT2D eigenvalue weighted by Crippen LogP contribution is -1.96. The standard InChI is InChI=1S/C19H22O2/c1-2-3-4-5-16-6-8-18(9-7-16)15-21-19-12-10-17(14-20)11-13-19/h6-14H,2-5,15H2,1H3. The summed E-state index contributed by atoms with van der Waals surface area (Å²) in [5.41, 5.74) is 3.22. The highest BCUT2D eigenvalue weighted by molar-refractivity contribution is 5.74. The normalized spacial score (nSPS) is 10.3. The van der Waals surface area contributed by atoms with E-state index in [1.807, 2.05) is 12.1 Å². The lowest BCUT2D eigenvalue weighted by molar-refractivity contribution is 0.112. The maximum absolute atomic E-state index is 10.6. The number of ether oxygens (including phenoxy) is 1. The number of hydrogen-bond donors (Lipinski definition) is 0. The van der Waals surface area contributed by atoms with Gasteiger partial charge in [0.25, 0.3) is 0 Å². The zero-order chi connectivity index (χ0) is 14.9. The van der Waals surface area contributed by atoms with Crippen LogP contribution in [0.25, 0.3) is 0 Å². The predicted octanol–water partition coefficient (Wildman–Crippen LogP) is 4.81. The van der Waals surface area contributed by atoms with E-state index in [1.165, 1.54) is 24.8 Å². The Morgan fingerprint density at radius 3 is 2.19 bits per heavy atom. The number of hydrogen-bond acceptors (Lipinski definition) is 2. The highest BCUT2D eigenvalue weighted by atomic mass is 16.5. The third kappa shape index (κ3) is 5.07. The zero-order valence-corrected chi connectivity index (χ0v) is 12.5. The van der Waals surface area contributed by atoms with Crippen molar-refractivity contribution in [3.63, 3.8) is 0 Å². The van der Waals surface area contributed by atoms with Crippen molar-refractivity contribution < 1.29 is 9.53 Å². The maximum Gasteiger partial charge on any atom is 0.150 e. The van der Waals surface area contributed by atoms with Gasteiger partial charge in [0.15, 0.2) is 0 Å². The second-order valence-electron chi connectivity index (χ2n) is 5.25. The summed E-state index contributed by atoms with van der Waals surface area (Å²) in [6.07, 6.45) is 5.80. The first-order valence-electron chi connectivity index (χ1n) is 7.57. The van der Waals surface area contributed by atoms with E-state index in [1.54, 1.807) is 12.1 Å². The number of carbonyl (C=O) groups excluding carboxylic acids is 1. The quantitative estimate of drug-likeness (QED) is 0.513. The molecule has 0 spiro atoms. The first-order valence-corrected chi connectivity index (χ1v) is 7.57. The molecular formula is C19H22O2. The molecule has 0 aliphatic rings. The van der Waals surface area contributed by atoms with E-state index in [-0.39, 0.29) is 0 Å². The van der Waals surface area contributed by atoms with Gasteiger partial charge < -0.3 is 4.74 Å². The molecule has 0 aromatic heterocycles. The van der Waals surface area contributed by atoms with E-state index in [0.29, 0.717) is 12.2 Å². The smallest absolute Gasteiger partial charge is 0.150 e. The second kappa shape index (κ2) is 8.25. The summed E-state index contributed by atoms with van der Waals surface area (Å²) in [5.74, 6) is 0.785. The van der Waals surface area contributed by atoms with Crippen molar-refractivity contribution in [3.8, 4) is 5.75 Å². The minimum absolute atomic E-state index is 0.551. The molecule has 0 atom stereocenters. The average molecular weight is 282 g/mol. The van der Waals surface area contributed by atoms with Gasteiger partial charge in [-0.15, -0.1) is 0 Å². The summed E-state index contributed by atoms with van der Waals surface area (Å²) in [6.45, 7) is 2.78.